The fourth-order valence-corrected chi connectivity index (χ4v) is 3.23. The molecular weight excluding hydrogens is 270 g/mol. The standard InChI is InChI=1S/C16H23NO4/c1-10-6-11(2)8-14(7-10)21-16-5-4-13(17(19)20)9-15(16)12(3)18/h4-5,9-12,14,18H,6-8H2,1-3H3. The molecular formula is C16H23NO4. The zero-order chi connectivity index (χ0) is 15.6. The van der Waals surface area contributed by atoms with Gasteiger partial charge in [0.05, 0.1) is 17.1 Å². The van der Waals surface area contributed by atoms with Gasteiger partial charge >= 0.3 is 0 Å². The minimum Gasteiger partial charge on any atom is -0.490 e. The summed E-state index contributed by atoms with van der Waals surface area (Å²) in [5, 5.41) is 20.7. The maximum absolute atomic E-state index is 10.8. The average molecular weight is 293 g/mol. The smallest absolute Gasteiger partial charge is 0.270 e. The summed E-state index contributed by atoms with van der Waals surface area (Å²) in [6.45, 7) is 6.03. The quantitative estimate of drug-likeness (QED) is 0.676. The number of nitrogens with zero attached hydrogens (tertiary/aromatic N) is 1. The van der Waals surface area contributed by atoms with Crippen LogP contribution in [0.25, 0.3) is 0 Å². The fourth-order valence-electron chi connectivity index (χ4n) is 3.23. The Bertz CT molecular complexity index is 505. The van der Waals surface area contributed by atoms with E-state index in [1.54, 1.807) is 13.0 Å². The van der Waals surface area contributed by atoms with Gasteiger partial charge in [-0.2, -0.15) is 0 Å². The van der Waals surface area contributed by atoms with E-state index in [0.717, 1.165) is 12.8 Å². The lowest BCUT2D eigenvalue weighted by molar-refractivity contribution is -0.385. The third-order valence-electron chi connectivity index (χ3n) is 4.08. The molecule has 0 bridgehead atoms. The lowest BCUT2D eigenvalue weighted by atomic mass is 9.82. The molecule has 3 unspecified atom stereocenters. The number of hydrogen-bond acceptors (Lipinski definition) is 4. The normalized spacial score (nSPS) is 27.1. The van der Waals surface area contributed by atoms with Crippen LogP contribution in [0.3, 0.4) is 0 Å². The Morgan fingerprint density at radius 3 is 2.43 bits per heavy atom. The van der Waals surface area contributed by atoms with E-state index in [4.69, 9.17) is 4.74 Å². The molecule has 1 aromatic rings. The number of hydrogen-bond donors (Lipinski definition) is 1. The molecule has 0 heterocycles. The van der Waals surface area contributed by atoms with Crippen LogP contribution in [-0.2, 0) is 0 Å². The highest BCUT2D eigenvalue weighted by molar-refractivity contribution is 5.45. The van der Waals surface area contributed by atoms with Gasteiger partial charge in [-0.1, -0.05) is 13.8 Å². The number of nitro benzene ring substituents is 1. The molecule has 1 aliphatic rings. The third kappa shape index (κ3) is 3.94. The van der Waals surface area contributed by atoms with Gasteiger partial charge < -0.3 is 9.84 Å². The van der Waals surface area contributed by atoms with Crippen molar-refractivity contribution in [2.45, 2.75) is 52.2 Å². The molecule has 5 heteroatoms. The van der Waals surface area contributed by atoms with Crippen LogP contribution >= 0.6 is 0 Å². The van der Waals surface area contributed by atoms with Gasteiger partial charge in [-0.15, -0.1) is 0 Å². The SMILES string of the molecule is CC1CC(C)CC(Oc2ccc([N+](=O)[O-])cc2C(C)O)C1. The van der Waals surface area contributed by atoms with E-state index in [9.17, 15) is 15.2 Å². The summed E-state index contributed by atoms with van der Waals surface area (Å²) < 4.78 is 6.04. The van der Waals surface area contributed by atoms with Crippen LogP contribution in [0, 0.1) is 22.0 Å². The van der Waals surface area contributed by atoms with E-state index < -0.39 is 11.0 Å². The maximum atomic E-state index is 10.8. The first-order valence-electron chi connectivity index (χ1n) is 7.50. The Kier molecular flexibility index (Phi) is 4.83. The van der Waals surface area contributed by atoms with Crippen LogP contribution < -0.4 is 4.74 Å². The van der Waals surface area contributed by atoms with Crippen molar-refractivity contribution in [3.05, 3.63) is 33.9 Å². The molecule has 0 saturated heterocycles. The molecule has 116 valence electrons. The van der Waals surface area contributed by atoms with Gasteiger partial charge in [0.15, 0.2) is 0 Å². The summed E-state index contributed by atoms with van der Waals surface area (Å²) in [5.41, 5.74) is 0.457. The van der Waals surface area contributed by atoms with Gasteiger partial charge in [-0.3, -0.25) is 10.1 Å². The zero-order valence-corrected chi connectivity index (χ0v) is 12.8. The van der Waals surface area contributed by atoms with Crippen LogP contribution in [0.1, 0.15) is 51.7 Å². The Morgan fingerprint density at radius 2 is 1.90 bits per heavy atom. The molecule has 3 atom stereocenters. The van der Waals surface area contributed by atoms with Crippen LogP contribution in [0.4, 0.5) is 5.69 Å². The first-order valence-corrected chi connectivity index (χ1v) is 7.50. The summed E-state index contributed by atoms with van der Waals surface area (Å²) in [6.07, 6.45) is 2.51. The van der Waals surface area contributed by atoms with Gasteiger partial charge in [0, 0.05) is 17.7 Å². The molecule has 2 rings (SSSR count). The molecule has 0 aromatic heterocycles. The highest BCUT2D eigenvalue weighted by atomic mass is 16.6. The van der Waals surface area contributed by atoms with Gasteiger partial charge in [-0.25, -0.2) is 0 Å². The molecule has 21 heavy (non-hydrogen) atoms. The monoisotopic (exact) mass is 293 g/mol. The summed E-state index contributed by atoms with van der Waals surface area (Å²) in [5.74, 6) is 1.79. The van der Waals surface area contributed by atoms with E-state index >= 15 is 0 Å². The first-order chi connectivity index (χ1) is 9.86. The second-order valence-corrected chi connectivity index (χ2v) is 6.31. The summed E-state index contributed by atoms with van der Waals surface area (Å²) in [7, 11) is 0. The second-order valence-electron chi connectivity index (χ2n) is 6.31. The van der Waals surface area contributed by atoms with Gasteiger partial charge in [0.1, 0.15) is 5.75 Å². The van der Waals surface area contributed by atoms with Gasteiger partial charge in [-0.05, 0) is 44.1 Å². The van der Waals surface area contributed by atoms with Gasteiger partial charge in [0.2, 0.25) is 0 Å². The van der Waals surface area contributed by atoms with Crippen molar-refractivity contribution in [1.82, 2.24) is 0 Å². The Hall–Kier alpha value is -1.62. The fraction of sp³-hybridized carbons (Fsp3) is 0.625. The number of non-ortho nitro benzene ring substituents is 1. The van der Waals surface area contributed by atoms with Crippen LogP contribution in [0.2, 0.25) is 0 Å². The largest absolute Gasteiger partial charge is 0.490 e. The molecule has 1 aliphatic carbocycles. The van der Waals surface area contributed by atoms with E-state index in [2.05, 4.69) is 13.8 Å². The van der Waals surface area contributed by atoms with Crippen LogP contribution in [-0.4, -0.2) is 16.1 Å². The molecule has 1 N–H and O–H groups in total. The van der Waals surface area contributed by atoms with Crippen LogP contribution in [0.5, 0.6) is 5.75 Å². The number of benzene rings is 1. The van der Waals surface area contributed by atoms with E-state index in [-0.39, 0.29) is 11.8 Å². The van der Waals surface area contributed by atoms with E-state index in [1.165, 1.54) is 18.6 Å². The van der Waals surface area contributed by atoms with E-state index in [0.29, 0.717) is 23.1 Å². The summed E-state index contributed by atoms with van der Waals surface area (Å²) >= 11 is 0. The number of aliphatic hydroxyl groups excluding tert-OH is 1. The average Bonchev–Trinajstić information content (AvgIpc) is 2.37. The topological polar surface area (TPSA) is 72.6 Å². The van der Waals surface area contributed by atoms with Crippen molar-refractivity contribution in [2.24, 2.45) is 11.8 Å². The van der Waals surface area contributed by atoms with Crippen molar-refractivity contribution < 1.29 is 14.8 Å². The van der Waals surface area contributed by atoms with Crippen molar-refractivity contribution in [1.29, 1.82) is 0 Å². The number of aliphatic hydroxyl groups is 1. The predicted molar refractivity (Wildman–Crippen MR) is 80.3 cm³/mol. The Balaban J connectivity index is 2.21. The molecule has 1 fully saturated rings. The van der Waals surface area contributed by atoms with Crippen molar-refractivity contribution in [3.8, 4) is 5.75 Å². The van der Waals surface area contributed by atoms with Crippen molar-refractivity contribution in [3.63, 3.8) is 0 Å². The lowest BCUT2D eigenvalue weighted by Gasteiger charge is -2.32. The number of ether oxygens (including phenoxy) is 1. The van der Waals surface area contributed by atoms with Crippen LogP contribution in [0.15, 0.2) is 18.2 Å². The Morgan fingerprint density at radius 1 is 1.29 bits per heavy atom. The number of rotatable bonds is 4. The molecule has 1 saturated carbocycles. The first kappa shape index (κ1) is 15.8. The number of nitro groups is 1. The molecule has 0 spiro atoms. The third-order valence-corrected chi connectivity index (χ3v) is 4.08. The molecule has 0 amide bonds. The maximum Gasteiger partial charge on any atom is 0.270 e. The van der Waals surface area contributed by atoms with Crippen molar-refractivity contribution >= 4 is 5.69 Å². The molecule has 1 aromatic carbocycles. The summed E-state index contributed by atoms with van der Waals surface area (Å²) in [6, 6.07) is 4.43. The second kappa shape index (κ2) is 6.43. The van der Waals surface area contributed by atoms with Crippen molar-refractivity contribution in [2.75, 3.05) is 0 Å². The Labute approximate surface area is 125 Å². The lowest BCUT2D eigenvalue weighted by Crippen LogP contribution is -2.28. The summed E-state index contributed by atoms with van der Waals surface area (Å²) in [4.78, 5) is 10.4. The zero-order valence-electron chi connectivity index (χ0n) is 12.8. The minimum atomic E-state index is -0.793. The minimum absolute atomic E-state index is 0.0244. The molecule has 5 nitrogen and oxygen atoms in total. The molecule has 0 radical (unpaired) electrons. The highest BCUT2D eigenvalue weighted by Gasteiger charge is 2.26. The highest BCUT2D eigenvalue weighted by Crippen LogP contribution is 2.35. The molecule has 0 aliphatic heterocycles. The predicted octanol–water partition coefficient (Wildman–Crippen LogP) is 3.85. The van der Waals surface area contributed by atoms with E-state index in [1.807, 2.05) is 0 Å². The van der Waals surface area contributed by atoms with Gasteiger partial charge in [0.25, 0.3) is 5.69 Å².